The van der Waals surface area contributed by atoms with Crippen LogP contribution in [0.15, 0.2) is 18.2 Å². The summed E-state index contributed by atoms with van der Waals surface area (Å²) in [5, 5.41) is 0.226. The van der Waals surface area contributed by atoms with Crippen molar-refractivity contribution in [3.8, 4) is 0 Å². The van der Waals surface area contributed by atoms with Crippen molar-refractivity contribution in [3.63, 3.8) is 0 Å². The van der Waals surface area contributed by atoms with Crippen LogP contribution in [0.2, 0.25) is 5.02 Å². The van der Waals surface area contributed by atoms with Crippen LogP contribution >= 0.6 is 69.6 Å². The Morgan fingerprint density at radius 2 is 1.64 bits per heavy atom. The molecule has 0 aliphatic carbocycles. The van der Waals surface area contributed by atoms with E-state index >= 15 is 0 Å². The van der Waals surface area contributed by atoms with E-state index in [0.717, 1.165) is 0 Å². The van der Waals surface area contributed by atoms with Crippen LogP contribution in [0.3, 0.4) is 0 Å². The van der Waals surface area contributed by atoms with E-state index in [1.54, 1.807) is 18.2 Å². The molecule has 0 amide bonds. The van der Waals surface area contributed by atoms with Crippen LogP contribution in [0.25, 0.3) is 0 Å². The van der Waals surface area contributed by atoms with Gasteiger partial charge >= 0.3 is 0 Å². The smallest absolute Gasteiger partial charge is 0.0914 e. The van der Waals surface area contributed by atoms with Gasteiger partial charge in [0.1, 0.15) is 0 Å². The summed E-state index contributed by atoms with van der Waals surface area (Å²) in [6.45, 7) is 0. The van der Waals surface area contributed by atoms with Crippen molar-refractivity contribution in [2.45, 2.75) is 8.13 Å². The maximum absolute atomic E-state index is 5.91. The lowest BCUT2D eigenvalue weighted by atomic mass is 10.1. The molecule has 77 valence electrons. The van der Waals surface area contributed by atoms with E-state index in [-0.39, 0.29) is 5.02 Å². The maximum atomic E-state index is 5.91. The van der Waals surface area contributed by atoms with Gasteiger partial charge in [0.2, 0.25) is 3.79 Å². The molecule has 6 heteroatoms. The second-order valence-electron chi connectivity index (χ2n) is 2.47. The van der Waals surface area contributed by atoms with Gasteiger partial charge in [0.25, 0.3) is 0 Å². The number of hydrogen-bond donors (Lipinski definition) is 0. The highest BCUT2D eigenvalue weighted by Crippen LogP contribution is 2.54. The maximum Gasteiger partial charge on any atom is 0.227 e. The van der Waals surface area contributed by atoms with Crippen molar-refractivity contribution >= 4 is 69.6 Å². The van der Waals surface area contributed by atoms with Crippen LogP contribution in [-0.4, -0.2) is 3.79 Å². The quantitative estimate of drug-likeness (QED) is 0.630. The lowest BCUT2D eigenvalue weighted by molar-refractivity contribution is 0.878. The van der Waals surface area contributed by atoms with Gasteiger partial charge in [0, 0.05) is 11.6 Å². The minimum atomic E-state index is -1.87. The minimum absolute atomic E-state index is 0.226. The van der Waals surface area contributed by atoms with Crippen LogP contribution in [0.4, 0.5) is 0 Å². The zero-order chi connectivity index (χ0) is 11.0. The van der Waals surface area contributed by atoms with Crippen molar-refractivity contribution < 1.29 is 0 Å². The van der Waals surface area contributed by atoms with Crippen molar-refractivity contribution in [1.29, 1.82) is 0 Å². The molecule has 0 N–H and O–H groups in total. The fourth-order valence-corrected chi connectivity index (χ4v) is 1.80. The predicted octanol–water partition coefficient (Wildman–Crippen LogP) is 5.14. The van der Waals surface area contributed by atoms with E-state index in [9.17, 15) is 0 Å². The van der Waals surface area contributed by atoms with E-state index < -0.39 is 8.13 Å². The van der Waals surface area contributed by atoms with Gasteiger partial charge in [-0.15, -0.1) is 0 Å². The zero-order valence-electron chi connectivity index (χ0n) is 6.50. The second kappa shape index (κ2) is 4.45. The first-order valence-corrected chi connectivity index (χ1v) is 5.65. The normalized spacial score (nSPS) is 13.0. The molecule has 1 aromatic carbocycles. The van der Waals surface area contributed by atoms with E-state index in [1.807, 2.05) is 0 Å². The van der Waals surface area contributed by atoms with Crippen LogP contribution in [0.5, 0.6) is 0 Å². The first-order chi connectivity index (χ1) is 6.27. The molecule has 1 rings (SSSR count). The average Bonchev–Trinajstić information content (AvgIpc) is 2.02. The Morgan fingerprint density at radius 3 is 2.07 bits per heavy atom. The van der Waals surface area contributed by atoms with Gasteiger partial charge in [-0.3, -0.25) is 0 Å². The lowest BCUT2D eigenvalue weighted by Gasteiger charge is -2.28. The summed E-state index contributed by atoms with van der Waals surface area (Å²) in [6, 6.07) is 7.52. The van der Waals surface area contributed by atoms with Gasteiger partial charge in [-0.1, -0.05) is 87.8 Å². The van der Waals surface area contributed by atoms with Crippen LogP contribution in [0.1, 0.15) is 5.56 Å². The third-order valence-electron chi connectivity index (χ3n) is 1.50. The van der Waals surface area contributed by atoms with Crippen molar-refractivity contribution in [2.75, 3.05) is 0 Å². The highest BCUT2D eigenvalue weighted by atomic mass is 35.6. The molecule has 0 nitrogen and oxygen atoms in total. The Hall–Kier alpha value is 0.960. The molecule has 0 aliphatic rings. The minimum Gasteiger partial charge on any atom is -0.0914 e. The molecule has 0 bridgehead atoms. The van der Waals surface area contributed by atoms with Gasteiger partial charge < -0.3 is 0 Å². The standard InChI is InChI=1S/C8H3Cl6/c9-6-4-2-1-3-5(6)7(10,11)8(12,13)14/h1-3H. The molecule has 14 heavy (non-hydrogen) atoms. The highest BCUT2D eigenvalue weighted by Gasteiger charge is 2.48. The molecule has 0 heterocycles. The third kappa shape index (κ3) is 2.55. The SMILES string of the molecule is Clc1[c]cccc1C(Cl)(Cl)C(Cl)(Cl)Cl. The number of rotatable bonds is 1. The molecule has 0 aliphatic heterocycles. The average molecular weight is 312 g/mol. The molecular formula is C8H3Cl6. The van der Waals surface area contributed by atoms with Crippen LogP contribution < -0.4 is 0 Å². The number of halogens is 6. The molecule has 1 aromatic rings. The molecule has 0 spiro atoms. The Labute approximate surface area is 112 Å². The van der Waals surface area contributed by atoms with Crippen LogP contribution in [-0.2, 0) is 4.33 Å². The summed E-state index contributed by atoms with van der Waals surface area (Å²) in [6.07, 6.45) is 0. The Bertz CT molecular complexity index is 327. The topological polar surface area (TPSA) is 0 Å². The fourth-order valence-electron chi connectivity index (χ4n) is 0.812. The molecule has 0 atom stereocenters. The molecule has 0 fully saturated rings. The van der Waals surface area contributed by atoms with Crippen molar-refractivity contribution in [3.05, 3.63) is 34.9 Å². The molecule has 1 radical (unpaired) electrons. The summed E-state index contributed by atoms with van der Waals surface area (Å²) in [5.74, 6) is 0. The number of alkyl halides is 5. The van der Waals surface area contributed by atoms with Gasteiger partial charge in [0.05, 0.1) is 5.02 Å². The van der Waals surface area contributed by atoms with E-state index in [4.69, 9.17) is 69.6 Å². The van der Waals surface area contributed by atoms with Gasteiger partial charge in [-0.2, -0.15) is 0 Å². The van der Waals surface area contributed by atoms with Crippen molar-refractivity contribution in [1.82, 2.24) is 0 Å². The molecule has 0 saturated carbocycles. The van der Waals surface area contributed by atoms with Gasteiger partial charge in [0.15, 0.2) is 4.33 Å². The summed E-state index contributed by atoms with van der Waals surface area (Å²) < 4.78 is -3.57. The summed E-state index contributed by atoms with van der Waals surface area (Å²) in [4.78, 5) is 0. The largest absolute Gasteiger partial charge is 0.227 e. The molecule has 0 aromatic heterocycles. The Balaban J connectivity index is 3.23. The monoisotopic (exact) mass is 309 g/mol. The summed E-state index contributed by atoms with van der Waals surface area (Å²) in [5.41, 5.74) is 0.310. The second-order valence-corrected chi connectivity index (χ2v) is 6.46. The molecule has 0 unspecified atom stereocenters. The predicted molar refractivity (Wildman–Crippen MR) is 64.0 cm³/mol. The van der Waals surface area contributed by atoms with E-state index in [2.05, 4.69) is 6.07 Å². The molecular weight excluding hydrogens is 309 g/mol. The summed E-state index contributed by atoms with van der Waals surface area (Å²) in [7, 11) is 0. The highest BCUT2D eigenvalue weighted by molar-refractivity contribution is 6.75. The summed E-state index contributed by atoms with van der Waals surface area (Å²) >= 11 is 34.5. The molecule has 0 saturated heterocycles. The first kappa shape index (κ1) is 13.0. The third-order valence-corrected chi connectivity index (χ3v) is 4.22. The van der Waals surface area contributed by atoms with E-state index in [0.29, 0.717) is 5.56 Å². The fraction of sp³-hybridized carbons (Fsp3) is 0.250. The Kier molecular flexibility index (Phi) is 4.14. The first-order valence-electron chi connectivity index (χ1n) is 3.38. The van der Waals surface area contributed by atoms with Crippen LogP contribution in [0, 0.1) is 6.07 Å². The zero-order valence-corrected chi connectivity index (χ0v) is 11.0. The number of benzene rings is 1. The number of hydrogen-bond acceptors (Lipinski definition) is 0. The lowest BCUT2D eigenvalue weighted by Crippen LogP contribution is -2.28. The Morgan fingerprint density at radius 1 is 1.07 bits per heavy atom. The van der Waals surface area contributed by atoms with E-state index in [1.165, 1.54) is 0 Å². The van der Waals surface area contributed by atoms with Gasteiger partial charge in [-0.05, 0) is 0 Å². The van der Waals surface area contributed by atoms with Crippen molar-refractivity contribution in [2.24, 2.45) is 0 Å². The van der Waals surface area contributed by atoms with Gasteiger partial charge in [-0.25, -0.2) is 0 Å².